The van der Waals surface area contributed by atoms with Crippen LogP contribution in [0.15, 0.2) is 57.6 Å². The van der Waals surface area contributed by atoms with Crippen LogP contribution in [0.4, 0.5) is 4.39 Å². The normalized spacial score (nSPS) is 11.6. The third-order valence-corrected chi connectivity index (χ3v) is 5.27. The number of nitrogens with zero attached hydrogens (tertiary/aromatic N) is 3. The minimum atomic E-state index is -0.813. The van der Waals surface area contributed by atoms with Crippen molar-refractivity contribution in [1.29, 1.82) is 5.26 Å². The highest BCUT2D eigenvalue weighted by molar-refractivity contribution is 7.10. The maximum absolute atomic E-state index is 13.3. The maximum Gasteiger partial charge on any atom is 0.331 e. The van der Waals surface area contributed by atoms with Gasteiger partial charge in [0.05, 0.1) is 6.04 Å². The molecule has 3 rings (SSSR count). The zero-order valence-corrected chi connectivity index (χ0v) is 16.3. The van der Waals surface area contributed by atoms with Gasteiger partial charge in [-0.3, -0.25) is 14.2 Å². The van der Waals surface area contributed by atoms with Crippen LogP contribution in [0.2, 0.25) is 0 Å². The molecule has 3 aromatic rings. The Balaban J connectivity index is 1.92. The number of carbonyl (C=O) groups excluding carboxylic acids is 1. The molecule has 148 valence electrons. The monoisotopic (exact) mass is 412 g/mol. The first-order chi connectivity index (χ1) is 13.9. The number of nitriles is 1. The minimum absolute atomic E-state index is 0.215. The Morgan fingerprint density at radius 1 is 1.28 bits per heavy atom. The summed E-state index contributed by atoms with van der Waals surface area (Å²) >= 11 is 1.41. The van der Waals surface area contributed by atoms with E-state index in [1.807, 2.05) is 17.5 Å². The highest BCUT2D eigenvalue weighted by atomic mass is 32.1. The number of aromatic nitrogens is 2. The molecular weight excluding hydrogens is 395 g/mol. The highest BCUT2D eigenvalue weighted by Crippen LogP contribution is 2.26. The second-order valence-electron chi connectivity index (χ2n) is 6.18. The number of hydrogen-bond acceptors (Lipinski definition) is 5. The van der Waals surface area contributed by atoms with Gasteiger partial charge in [0.25, 0.3) is 5.56 Å². The van der Waals surface area contributed by atoms with Crippen LogP contribution in [0.5, 0.6) is 0 Å². The van der Waals surface area contributed by atoms with Crippen LogP contribution in [0.1, 0.15) is 29.0 Å². The number of nitrogens with one attached hydrogen (secondary N) is 1. The number of amides is 1. The van der Waals surface area contributed by atoms with Crippen LogP contribution in [0.25, 0.3) is 0 Å². The van der Waals surface area contributed by atoms with E-state index in [-0.39, 0.29) is 12.1 Å². The molecular formula is C20H17FN4O3S. The van der Waals surface area contributed by atoms with Gasteiger partial charge in [-0.2, -0.15) is 5.26 Å². The van der Waals surface area contributed by atoms with Crippen molar-refractivity contribution in [3.05, 3.63) is 90.6 Å². The molecule has 0 aliphatic rings. The van der Waals surface area contributed by atoms with E-state index in [1.54, 1.807) is 25.1 Å². The molecule has 29 heavy (non-hydrogen) atoms. The van der Waals surface area contributed by atoms with E-state index in [0.717, 1.165) is 9.44 Å². The molecule has 7 nitrogen and oxygen atoms in total. The van der Waals surface area contributed by atoms with E-state index >= 15 is 0 Å². The Bertz CT molecular complexity index is 1170. The third-order valence-electron chi connectivity index (χ3n) is 4.34. The summed E-state index contributed by atoms with van der Waals surface area (Å²) < 4.78 is 15.2. The van der Waals surface area contributed by atoms with Gasteiger partial charge < -0.3 is 5.32 Å². The van der Waals surface area contributed by atoms with E-state index in [1.165, 1.54) is 34.2 Å². The zero-order valence-electron chi connectivity index (χ0n) is 15.5. The summed E-state index contributed by atoms with van der Waals surface area (Å²) in [6.45, 7) is 1.41. The Hall–Kier alpha value is -3.51. The predicted molar refractivity (Wildman–Crippen MR) is 106 cm³/mol. The molecule has 1 unspecified atom stereocenters. The Kier molecular flexibility index (Phi) is 6.04. The molecule has 1 amide bonds. The summed E-state index contributed by atoms with van der Waals surface area (Å²) in [5.41, 5.74) is -1.04. The number of thiophene rings is 1. The van der Waals surface area contributed by atoms with Crippen molar-refractivity contribution in [2.45, 2.75) is 26.1 Å². The molecule has 0 bridgehead atoms. The number of halogens is 1. The zero-order chi connectivity index (χ0) is 21.0. The molecule has 0 aliphatic heterocycles. The van der Waals surface area contributed by atoms with E-state index in [2.05, 4.69) is 5.32 Å². The Morgan fingerprint density at radius 2 is 2.00 bits per heavy atom. The van der Waals surface area contributed by atoms with Crippen molar-refractivity contribution < 1.29 is 9.18 Å². The van der Waals surface area contributed by atoms with Gasteiger partial charge in [0.15, 0.2) is 0 Å². The predicted octanol–water partition coefficient (Wildman–Crippen LogP) is 2.01. The summed E-state index contributed by atoms with van der Waals surface area (Å²) in [5, 5.41) is 13.8. The van der Waals surface area contributed by atoms with Crippen LogP contribution >= 0.6 is 11.3 Å². The first kappa shape index (κ1) is 20.2. The van der Waals surface area contributed by atoms with E-state index in [0.29, 0.717) is 5.56 Å². The van der Waals surface area contributed by atoms with Crippen LogP contribution in [-0.4, -0.2) is 15.0 Å². The molecule has 0 saturated carbocycles. The third kappa shape index (κ3) is 4.33. The number of aryl methyl sites for hydroxylation is 1. The summed E-state index contributed by atoms with van der Waals surface area (Å²) in [6, 6.07) is 10.5. The van der Waals surface area contributed by atoms with Crippen molar-refractivity contribution in [3.8, 4) is 6.07 Å². The number of benzene rings is 1. The fraction of sp³-hybridized carbons (Fsp3) is 0.200. The lowest BCUT2D eigenvalue weighted by Crippen LogP contribution is -2.44. The number of carbonyl (C=O) groups is 1. The highest BCUT2D eigenvalue weighted by Gasteiger charge is 2.20. The Labute approximate surface area is 169 Å². The van der Waals surface area contributed by atoms with Gasteiger partial charge in [-0.15, -0.1) is 11.3 Å². The first-order valence-electron chi connectivity index (χ1n) is 8.77. The van der Waals surface area contributed by atoms with E-state index < -0.39 is 35.6 Å². The molecule has 1 N–H and O–H groups in total. The number of rotatable bonds is 6. The molecule has 0 spiro atoms. The summed E-state index contributed by atoms with van der Waals surface area (Å²) in [4.78, 5) is 38.3. The molecule has 2 heterocycles. The fourth-order valence-electron chi connectivity index (χ4n) is 2.88. The second kappa shape index (κ2) is 8.67. The van der Waals surface area contributed by atoms with Crippen molar-refractivity contribution in [2.24, 2.45) is 0 Å². The van der Waals surface area contributed by atoms with Gasteiger partial charge in [0.2, 0.25) is 5.91 Å². The lowest BCUT2D eigenvalue weighted by Gasteiger charge is -2.18. The molecule has 0 radical (unpaired) electrons. The average molecular weight is 412 g/mol. The summed E-state index contributed by atoms with van der Waals surface area (Å²) in [5.74, 6) is -0.977. The van der Waals surface area contributed by atoms with Crippen molar-refractivity contribution >= 4 is 17.2 Å². The maximum atomic E-state index is 13.3. The molecule has 1 atom stereocenters. The second-order valence-corrected chi connectivity index (χ2v) is 7.16. The number of hydrogen-bond donors (Lipinski definition) is 1. The smallest absolute Gasteiger partial charge is 0.331 e. The fourth-order valence-corrected chi connectivity index (χ4v) is 3.68. The van der Waals surface area contributed by atoms with Crippen molar-refractivity contribution in [3.63, 3.8) is 0 Å². The van der Waals surface area contributed by atoms with Gasteiger partial charge in [0.1, 0.15) is 24.0 Å². The lowest BCUT2D eigenvalue weighted by atomic mass is 10.1. The average Bonchev–Trinajstić information content (AvgIpc) is 3.25. The van der Waals surface area contributed by atoms with Crippen LogP contribution in [-0.2, 0) is 17.9 Å². The van der Waals surface area contributed by atoms with Gasteiger partial charge in [-0.05, 0) is 36.1 Å². The van der Waals surface area contributed by atoms with Gasteiger partial charge in [0, 0.05) is 17.6 Å². The van der Waals surface area contributed by atoms with Crippen molar-refractivity contribution in [1.82, 2.24) is 14.5 Å². The minimum Gasteiger partial charge on any atom is -0.343 e. The van der Waals surface area contributed by atoms with Gasteiger partial charge in [-0.25, -0.2) is 13.8 Å². The summed E-state index contributed by atoms with van der Waals surface area (Å²) in [7, 11) is 0. The molecule has 0 fully saturated rings. The standard InChI is InChI=1S/C20H17FN4O3S/c1-2-24-11-14(10-22)19(27)25(20(24)28)12-17(26)23-18(16-4-3-9-29-16)13-5-7-15(21)8-6-13/h3-9,11,18H,2,12H2,1H3,(H,23,26). The van der Waals surface area contributed by atoms with Gasteiger partial charge in [-0.1, -0.05) is 18.2 Å². The molecule has 1 aromatic carbocycles. The van der Waals surface area contributed by atoms with Crippen molar-refractivity contribution in [2.75, 3.05) is 0 Å². The van der Waals surface area contributed by atoms with E-state index in [4.69, 9.17) is 5.26 Å². The van der Waals surface area contributed by atoms with Crippen LogP contribution in [0.3, 0.4) is 0 Å². The lowest BCUT2D eigenvalue weighted by molar-refractivity contribution is -0.122. The Morgan fingerprint density at radius 3 is 2.59 bits per heavy atom. The van der Waals surface area contributed by atoms with E-state index in [9.17, 15) is 18.8 Å². The quantitative estimate of drug-likeness (QED) is 0.670. The molecule has 0 aliphatic carbocycles. The molecule has 2 aromatic heterocycles. The molecule has 9 heteroatoms. The van der Waals surface area contributed by atoms with Crippen LogP contribution in [0, 0.1) is 17.1 Å². The van der Waals surface area contributed by atoms with Gasteiger partial charge >= 0.3 is 5.69 Å². The first-order valence-corrected chi connectivity index (χ1v) is 9.65. The SMILES string of the molecule is CCn1cc(C#N)c(=O)n(CC(=O)NC(c2ccc(F)cc2)c2cccs2)c1=O. The summed E-state index contributed by atoms with van der Waals surface area (Å²) in [6.07, 6.45) is 1.19. The van der Waals surface area contributed by atoms with Crippen LogP contribution < -0.4 is 16.6 Å². The largest absolute Gasteiger partial charge is 0.343 e. The molecule has 0 saturated heterocycles. The topological polar surface area (TPSA) is 96.9 Å².